The molecule has 0 heterocycles. The lowest BCUT2D eigenvalue weighted by Crippen LogP contribution is -2.21. The van der Waals surface area contributed by atoms with E-state index in [1.165, 1.54) is 11.1 Å². The zero-order valence-electron chi connectivity index (χ0n) is 9.16. The van der Waals surface area contributed by atoms with Crippen LogP contribution in [-0.4, -0.2) is 17.6 Å². The highest BCUT2D eigenvalue weighted by Crippen LogP contribution is 2.13. The van der Waals surface area contributed by atoms with E-state index < -0.39 is 5.97 Å². The van der Waals surface area contributed by atoms with Crippen LogP contribution in [0.25, 0.3) is 0 Å². The number of hydrogen-bond acceptors (Lipinski definition) is 2. The maximum atomic E-state index is 10.3. The molecule has 1 aromatic carbocycles. The van der Waals surface area contributed by atoms with Crippen molar-refractivity contribution < 1.29 is 9.90 Å². The summed E-state index contributed by atoms with van der Waals surface area (Å²) in [5, 5.41) is 11.7. The lowest BCUT2D eigenvalue weighted by atomic mass is 10.1. The Morgan fingerprint density at radius 1 is 1.53 bits per heavy atom. The number of nitrogens with one attached hydrogen (secondary N) is 1. The second kappa shape index (κ2) is 5.51. The Balaban J connectivity index is 2.46. The van der Waals surface area contributed by atoms with Gasteiger partial charge < -0.3 is 10.4 Å². The van der Waals surface area contributed by atoms with Gasteiger partial charge in [-0.25, -0.2) is 0 Å². The fourth-order valence-electron chi connectivity index (χ4n) is 1.45. The van der Waals surface area contributed by atoms with Crippen molar-refractivity contribution in [1.82, 2.24) is 5.32 Å². The second-order valence-electron chi connectivity index (χ2n) is 3.73. The summed E-state index contributed by atoms with van der Waals surface area (Å²) in [6.45, 7) is 4.59. The van der Waals surface area contributed by atoms with E-state index >= 15 is 0 Å². The van der Waals surface area contributed by atoms with Gasteiger partial charge in [0, 0.05) is 12.6 Å². The maximum absolute atomic E-state index is 10.3. The van der Waals surface area contributed by atoms with E-state index in [2.05, 4.69) is 11.4 Å². The van der Waals surface area contributed by atoms with Crippen LogP contribution in [0.2, 0.25) is 0 Å². The van der Waals surface area contributed by atoms with Gasteiger partial charge in [-0.2, -0.15) is 0 Å². The molecule has 1 unspecified atom stereocenters. The highest BCUT2D eigenvalue weighted by molar-refractivity contribution is 5.66. The molecule has 1 rings (SSSR count). The lowest BCUT2D eigenvalue weighted by molar-refractivity contribution is -0.136. The smallest absolute Gasteiger partial charge is 0.304 e. The normalized spacial score (nSPS) is 12.4. The molecule has 0 aliphatic rings. The van der Waals surface area contributed by atoms with Gasteiger partial charge in [-0.3, -0.25) is 4.79 Å². The molecule has 2 N–H and O–H groups in total. The zero-order chi connectivity index (χ0) is 11.3. The van der Waals surface area contributed by atoms with Crippen LogP contribution in [-0.2, 0) is 4.79 Å². The van der Waals surface area contributed by atoms with Crippen molar-refractivity contribution in [2.24, 2.45) is 0 Å². The number of hydrogen-bond donors (Lipinski definition) is 2. The first-order valence-electron chi connectivity index (χ1n) is 5.11. The molecule has 0 saturated carbocycles. The van der Waals surface area contributed by atoms with Gasteiger partial charge in [-0.05, 0) is 19.4 Å². The summed E-state index contributed by atoms with van der Waals surface area (Å²) in [7, 11) is 0. The highest BCUT2D eigenvalue weighted by Gasteiger charge is 2.05. The standard InChI is InChI=1S/C12H17NO2/c1-9-4-3-5-11(8-9)10(2)13-7-6-12(14)15/h3-5,8,10,13H,6-7H2,1-2H3,(H,14,15). The van der Waals surface area contributed by atoms with Gasteiger partial charge in [0.1, 0.15) is 0 Å². The molecule has 15 heavy (non-hydrogen) atoms. The Morgan fingerprint density at radius 2 is 2.27 bits per heavy atom. The van der Waals surface area contributed by atoms with Crippen molar-refractivity contribution in [2.75, 3.05) is 6.54 Å². The third-order valence-corrected chi connectivity index (χ3v) is 2.33. The summed E-state index contributed by atoms with van der Waals surface area (Å²) in [5.41, 5.74) is 2.42. The molecule has 0 aromatic heterocycles. The molecule has 0 amide bonds. The van der Waals surface area contributed by atoms with E-state index in [0.29, 0.717) is 6.54 Å². The van der Waals surface area contributed by atoms with Crippen molar-refractivity contribution in [3.05, 3.63) is 35.4 Å². The van der Waals surface area contributed by atoms with Crippen LogP contribution in [0.5, 0.6) is 0 Å². The van der Waals surface area contributed by atoms with Crippen molar-refractivity contribution in [2.45, 2.75) is 26.3 Å². The number of aryl methyl sites for hydroxylation is 1. The minimum Gasteiger partial charge on any atom is -0.481 e. The lowest BCUT2D eigenvalue weighted by Gasteiger charge is -2.13. The molecule has 0 spiro atoms. The molecule has 82 valence electrons. The van der Waals surface area contributed by atoms with Crippen LogP contribution in [0.15, 0.2) is 24.3 Å². The predicted octanol–water partition coefficient (Wildman–Crippen LogP) is 2.12. The topological polar surface area (TPSA) is 49.3 Å². The molecule has 0 radical (unpaired) electrons. The Kier molecular flexibility index (Phi) is 4.31. The number of rotatable bonds is 5. The Morgan fingerprint density at radius 3 is 2.87 bits per heavy atom. The van der Waals surface area contributed by atoms with Gasteiger partial charge in [0.05, 0.1) is 6.42 Å². The van der Waals surface area contributed by atoms with Crippen LogP contribution in [0.1, 0.15) is 30.5 Å². The quantitative estimate of drug-likeness (QED) is 0.777. The Hall–Kier alpha value is -1.35. The number of benzene rings is 1. The first-order valence-corrected chi connectivity index (χ1v) is 5.11. The molecule has 0 aliphatic heterocycles. The molecule has 1 atom stereocenters. The van der Waals surface area contributed by atoms with Gasteiger partial charge in [-0.15, -0.1) is 0 Å². The summed E-state index contributed by atoms with van der Waals surface area (Å²) < 4.78 is 0. The Labute approximate surface area is 90.1 Å². The third kappa shape index (κ3) is 4.13. The van der Waals surface area contributed by atoms with Gasteiger partial charge in [0.25, 0.3) is 0 Å². The molecular formula is C12H17NO2. The number of aliphatic carboxylic acids is 1. The summed E-state index contributed by atoms with van der Waals surface area (Å²) in [6.07, 6.45) is 0.163. The monoisotopic (exact) mass is 207 g/mol. The minimum absolute atomic E-state index is 0.163. The van der Waals surface area contributed by atoms with Gasteiger partial charge in [0.15, 0.2) is 0 Å². The zero-order valence-corrected chi connectivity index (χ0v) is 9.16. The average Bonchev–Trinajstić information content (AvgIpc) is 2.17. The molecule has 3 nitrogen and oxygen atoms in total. The van der Waals surface area contributed by atoms with E-state index in [-0.39, 0.29) is 12.5 Å². The molecule has 1 aromatic rings. The van der Waals surface area contributed by atoms with Gasteiger partial charge in [-0.1, -0.05) is 29.8 Å². The number of carboxylic acid groups (broad SMARTS) is 1. The summed E-state index contributed by atoms with van der Waals surface area (Å²) in [6, 6.07) is 8.42. The predicted molar refractivity (Wildman–Crippen MR) is 59.8 cm³/mol. The van der Waals surface area contributed by atoms with E-state index in [1.807, 2.05) is 32.0 Å². The van der Waals surface area contributed by atoms with Crippen molar-refractivity contribution in [1.29, 1.82) is 0 Å². The van der Waals surface area contributed by atoms with Gasteiger partial charge >= 0.3 is 5.97 Å². The second-order valence-corrected chi connectivity index (χ2v) is 3.73. The van der Waals surface area contributed by atoms with Crippen molar-refractivity contribution in [3.8, 4) is 0 Å². The molecule has 3 heteroatoms. The fourth-order valence-corrected chi connectivity index (χ4v) is 1.45. The molecule has 0 aliphatic carbocycles. The van der Waals surface area contributed by atoms with Crippen LogP contribution in [0.4, 0.5) is 0 Å². The molecule has 0 bridgehead atoms. The molecular weight excluding hydrogens is 190 g/mol. The maximum Gasteiger partial charge on any atom is 0.304 e. The largest absolute Gasteiger partial charge is 0.481 e. The van der Waals surface area contributed by atoms with Gasteiger partial charge in [0.2, 0.25) is 0 Å². The average molecular weight is 207 g/mol. The van der Waals surface area contributed by atoms with E-state index in [0.717, 1.165) is 0 Å². The number of carboxylic acids is 1. The summed E-state index contributed by atoms with van der Waals surface area (Å²) in [4.78, 5) is 10.3. The van der Waals surface area contributed by atoms with E-state index in [9.17, 15) is 4.79 Å². The fraction of sp³-hybridized carbons (Fsp3) is 0.417. The molecule has 0 saturated heterocycles. The van der Waals surface area contributed by atoms with E-state index in [1.54, 1.807) is 0 Å². The summed E-state index contributed by atoms with van der Waals surface area (Å²) >= 11 is 0. The van der Waals surface area contributed by atoms with Crippen molar-refractivity contribution in [3.63, 3.8) is 0 Å². The van der Waals surface area contributed by atoms with Crippen LogP contribution in [0.3, 0.4) is 0 Å². The van der Waals surface area contributed by atoms with E-state index in [4.69, 9.17) is 5.11 Å². The third-order valence-electron chi connectivity index (χ3n) is 2.33. The minimum atomic E-state index is -0.765. The van der Waals surface area contributed by atoms with Crippen LogP contribution >= 0.6 is 0 Å². The summed E-state index contributed by atoms with van der Waals surface area (Å²) in [5.74, 6) is -0.765. The highest BCUT2D eigenvalue weighted by atomic mass is 16.4. The Bertz CT molecular complexity index is 336. The van der Waals surface area contributed by atoms with Crippen molar-refractivity contribution >= 4 is 5.97 Å². The SMILES string of the molecule is Cc1cccc(C(C)NCCC(=O)O)c1. The van der Waals surface area contributed by atoms with Crippen LogP contribution in [0, 0.1) is 6.92 Å². The first kappa shape index (κ1) is 11.7. The number of carbonyl (C=O) groups is 1. The molecule has 0 fully saturated rings. The van der Waals surface area contributed by atoms with Crippen LogP contribution < -0.4 is 5.32 Å². The first-order chi connectivity index (χ1) is 7.09.